The van der Waals surface area contributed by atoms with Gasteiger partial charge in [0.2, 0.25) is 5.91 Å². The molecular formula is C28H21N3O2S. The Morgan fingerprint density at radius 2 is 1.26 bits per heavy atom. The first-order valence-electron chi connectivity index (χ1n) is 10.9. The molecule has 6 heteroatoms. The van der Waals surface area contributed by atoms with E-state index >= 15 is 0 Å². The number of rotatable bonds is 6. The highest BCUT2D eigenvalue weighted by molar-refractivity contribution is 7.99. The molecule has 1 amide bonds. The molecule has 0 unspecified atom stereocenters. The molecule has 0 spiro atoms. The number of benzene rings is 4. The first kappa shape index (κ1) is 21.7. The van der Waals surface area contributed by atoms with Crippen LogP contribution in [-0.2, 0) is 4.79 Å². The zero-order chi connectivity index (χ0) is 23.3. The quantitative estimate of drug-likeness (QED) is 0.234. The summed E-state index contributed by atoms with van der Waals surface area (Å²) in [7, 11) is 0. The molecule has 0 saturated heterocycles. The SMILES string of the molecule is O=C(CSc1nc2ccccc2c(=O)n1-c1ccccc1)N(c1ccccc1)c1ccccc1. The molecule has 0 atom stereocenters. The number of para-hydroxylation sites is 4. The maximum absolute atomic E-state index is 13.5. The number of fused-ring (bicyclic) bond motifs is 1. The molecule has 1 heterocycles. The van der Waals surface area contributed by atoms with E-state index in [4.69, 9.17) is 4.98 Å². The van der Waals surface area contributed by atoms with Crippen molar-refractivity contribution in [3.8, 4) is 5.69 Å². The van der Waals surface area contributed by atoms with E-state index in [2.05, 4.69) is 0 Å². The third-order valence-electron chi connectivity index (χ3n) is 5.36. The highest BCUT2D eigenvalue weighted by Crippen LogP contribution is 2.28. The van der Waals surface area contributed by atoms with E-state index in [1.165, 1.54) is 11.8 Å². The van der Waals surface area contributed by atoms with Gasteiger partial charge in [0.25, 0.3) is 5.56 Å². The normalized spacial score (nSPS) is 10.8. The Balaban J connectivity index is 1.53. The average Bonchev–Trinajstić information content (AvgIpc) is 2.89. The van der Waals surface area contributed by atoms with Gasteiger partial charge in [0.15, 0.2) is 5.16 Å². The third-order valence-corrected chi connectivity index (χ3v) is 6.29. The van der Waals surface area contributed by atoms with Crippen molar-refractivity contribution in [3.63, 3.8) is 0 Å². The Morgan fingerprint density at radius 1 is 0.735 bits per heavy atom. The van der Waals surface area contributed by atoms with Crippen molar-refractivity contribution in [2.45, 2.75) is 5.16 Å². The van der Waals surface area contributed by atoms with Crippen LogP contribution in [0.3, 0.4) is 0 Å². The number of hydrogen-bond acceptors (Lipinski definition) is 4. The van der Waals surface area contributed by atoms with Crippen molar-refractivity contribution >= 4 is 39.9 Å². The van der Waals surface area contributed by atoms with Gasteiger partial charge in [-0.05, 0) is 48.5 Å². The summed E-state index contributed by atoms with van der Waals surface area (Å²) < 4.78 is 1.58. The summed E-state index contributed by atoms with van der Waals surface area (Å²) in [5, 5.41) is 1.02. The van der Waals surface area contributed by atoms with Gasteiger partial charge in [0.1, 0.15) is 0 Å². The second-order valence-corrected chi connectivity index (χ2v) is 8.52. The number of thioether (sulfide) groups is 1. The molecule has 5 nitrogen and oxygen atoms in total. The molecule has 0 aliphatic rings. The summed E-state index contributed by atoms with van der Waals surface area (Å²) in [4.78, 5) is 33.3. The lowest BCUT2D eigenvalue weighted by Gasteiger charge is -2.23. The molecule has 0 aliphatic heterocycles. The molecular weight excluding hydrogens is 442 g/mol. The zero-order valence-corrected chi connectivity index (χ0v) is 19.1. The molecule has 0 fully saturated rings. The van der Waals surface area contributed by atoms with Gasteiger partial charge >= 0.3 is 0 Å². The summed E-state index contributed by atoms with van der Waals surface area (Å²) in [6.07, 6.45) is 0. The van der Waals surface area contributed by atoms with E-state index in [0.29, 0.717) is 21.7 Å². The van der Waals surface area contributed by atoms with Crippen LogP contribution in [0, 0.1) is 0 Å². The maximum Gasteiger partial charge on any atom is 0.266 e. The number of carbonyl (C=O) groups excluding carboxylic acids is 1. The maximum atomic E-state index is 13.5. The molecule has 166 valence electrons. The Hall–Kier alpha value is -4.16. The fourth-order valence-electron chi connectivity index (χ4n) is 3.80. The smallest absolute Gasteiger partial charge is 0.266 e. The summed E-state index contributed by atoms with van der Waals surface area (Å²) >= 11 is 1.26. The molecule has 4 aromatic carbocycles. The lowest BCUT2D eigenvalue weighted by atomic mass is 10.2. The van der Waals surface area contributed by atoms with Crippen LogP contribution in [0.15, 0.2) is 125 Å². The minimum absolute atomic E-state index is 0.107. The number of hydrogen-bond donors (Lipinski definition) is 0. The third kappa shape index (κ3) is 4.36. The zero-order valence-electron chi connectivity index (χ0n) is 18.2. The van der Waals surface area contributed by atoms with E-state index in [1.807, 2.05) is 109 Å². The number of anilines is 2. The van der Waals surface area contributed by atoms with Crippen LogP contribution in [-0.4, -0.2) is 21.2 Å². The number of aromatic nitrogens is 2. The van der Waals surface area contributed by atoms with Gasteiger partial charge in [-0.1, -0.05) is 78.5 Å². The summed E-state index contributed by atoms with van der Waals surface area (Å²) in [5.74, 6) is 0.00548. The van der Waals surface area contributed by atoms with E-state index < -0.39 is 0 Å². The predicted molar refractivity (Wildman–Crippen MR) is 138 cm³/mol. The molecule has 0 saturated carbocycles. The number of amides is 1. The lowest BCUT2D eigenvalue weighted by Crippen LogP contribution is -2.28. The van der Waals surface area contributed by atoms with Crippen molar-refractivity contribution < 1.29 is 4.79 Å². The molecule has 34 heavy (non-hydrogen) atoms. The van der Waals surface area contributed by atoms with E-state index in [0.717, 1.165) is 11.4 Å². The Kier molecular flexibility index (Phi) is 6.23. The Bertz CT molecular complexity index is 1450. The molecule has 1 aromatic heterocycles. The Labute approximate surface area is 201 Å². The predicted octanol–water partition coefficient (Wildman–Crippen LogP) is 5.84. The van der Waals surface area contributed by atoms with Gasteiger partial charge in [-0.2, -0.15) is 0 Å². The summed E-state index contributed by atoms with van der Waals surface area (Å²) in [5.41, 5.74) is 2.73. The van der Waals surface area contributed by atoms with Crippen LogP contribution in [0.1, 0.15) is 0 Å². The van der Waals surface area contributed by atoms with E-state index in [-0.39, 0.29) is 17.2 Å². The topological polar surface area (TPSA) is 55.2 Å². The molecule has 5 rings (SSSR count). The van der Waals surface area contributed by atoms with Gasteiger partial charge in [-0.15, -0.1) is 0 Å². The van der Waals surface area contributed by atoms with Gasteiger partial charge in [0.05, 0.1) is 22.3 Å². The van der Waals surface area contributed by atoms with Crippen LogP contribution in [0.25, 0.3) is 16.6 Å². The van der Waals surface area contributed by atoms with Crippen molar-refractivity contribution in [1.29, 1.82) is 0 Å². The van der Waals surface area contributed by atoms with Crippen molar-refractivity contribution in [2.24, 2.45) is 0 Å². The van der Waals surface area contributed by atoms with Crippen molar-refractivity contribution in [3.05, 3.63) is 126 Å². The monoisotopic (exact) mass is 463 g/mol. The average molecular weight is 464 g/mol. The van der Waals surface area contributed by atoms with Crippen molar-refractivity contribution in [2.75, 3.05) is 10.7 Å². The van der Waals surface area contributed by atoms with Gasteiger partial charge in [0, 0.05) is 11.4 Å². The number of carbonyl (C=O) groups is 1. The fourth-order valence-corrected chi connectivity index (χ4v) is 4.66. The van der Waals surface area contributed by atoms with Crippen molar-refractivity contribution in [1.82, 2.24) is 9.55 Å². The Morgan fingerprint density at radius 3 is 1.88 bits per heavy atom. The second kappa shape index (κ2) is 9.77. The minimum atomic E-state index is -0.158. The van der Waals surface area contributed by atoms with Gasteiger partial charge < -0.3 is 0 Å². The van der Waals surface area contributed by atoms with Crippen LogP contribution in [0.5, 0.6) is 0 Å². The van der Waals surface area contributed by atoms with E-state index in [9.17, 15) is 9.59 Å². The molecule has 0 bridgehead atoms. The molecule has 5 aromatic rings. The highest BCUT2D eigenvalue weighted by Gasteiger charge is 2.20. The molecule has 0 radical (unpaired) electrons. The minimum Gasteiger partial charge on any atom is -0.280 e. The second-order valence-electron chi connectivity index (χ2n) is 7.58. The standard InChI is InChI=1S/C28H21N3O2S/c32-26(30(21-12-4-1-5-13-21)22-14-6-2-7-15-22)20-34-28-29-25-19-11-10-18-24(25)27(33)31(28)23-16-8-3-9-17-23/h1-19H,20H2. The molecule has 0 N–H and O–H groups in total. The molecule has 0 aliphatic carbocycles. The summed E-state index contributed by atoms with van der Waals surface area (Å²) in [6.45, 7) is 0. The number of nitrogens with zero attached hydrogens (tertiary/aromatic N) is 3. The van der Waals surface area contributed by atoms with Gasteiger partial charge in [-0.3, -0.25) is 19.1 Å². The van der Waals surface area contributed by atoms with E-state index in [1.54, 1.807) is 15.5 Å². The summed E-state index contributed by atoms with van der Waals surface area (Å²) in [6, 6.07) is 35.8. The largest absolute Gasteiger partial charge is 0.280 e. The fraction of sp³-hybridized carbons (Fsp3) is 0.0357. The van der Waals surface area contributed by atoms with Gasteiger partial charge in [-0.25, -0.2) is 4.98 Å². The van der Waals surface area contributed by atoms with Crippen LogP contribution in [0.4, 0.5) is 11.4 Å². The van der Waals surface area contributed by atoms with Crippen LogP contribution in [0.2, 0.25) is 0 Å². The first-order valence-corrected chi connectivity index (χ1v) is 11.8. The lowest BCUT2D eigenvalue weighted by molar-refractivity contribution is -0.115. The first-order chi connectivity index (χ1) is 16.7. The highest BCUT2D eigenvalue weighted by atomic mass is 32.2. The van der Waals surface area contributed by atoms with Crippen LogP contribution >= 0.6 is 11.8 Å². The van der Waals surface area contributed by atoms with Crippen LogP contribution < -0.4 is 10.5 Å².